The Hall–Kier alpha value is -2.08. The minimum atomic E-state index is -2.04. The molecule has 1 rings (SSSR count). The van der Waals surface area contributed by atoms with Crippen LogP contribution in [0.15, 0.2) is 41.8 Å². The highest BCUT2D eigenvalue weighted by atomic mass is 28.3. The molecule has 1 atom stereocenters. The van der Waals surface area contributed by atoms with E-state index in [4.69, 9.17) is 9.47 Å². The van der Waals surface area contributed by atoms with Gasteiger partial charge < -0.3 is 14.4 Å². The molecule has 0 aliphatic rings. The Kier molecular flexibility index (Phi) is 8.28. The molecule has 0 saturated heterocycles. The molecule has 0 spiro atoms. The van der Waals surface area contributed by atoms with Crippen molar-refractivity contribution in [1.82, 2.24) is 4.90 Å². The number of carbonyl (C=O) groups is 2. The largest absolute Gasteiger partial charge is 0.468 e. The van der Waals surface area contributed by atoms with E-state index >= 15 is 0 Å². The summed E-state index contributed by atoms with van der Waals surface area (Å²) in [6, 6.07) is 9.42. The second-order valence-corrected chi connectivity index (χ2v) is 13.1. The van der Waals surface area contributed by atoms with Crippen molar-refractivity contribution in [3.8, 4) is 0 Å². The molecule has 1 amide bonds. The summed E-state index contributed by atoms with van der Waals surface area (Å²) in [5.74, 6) is -0.991. The lowest BCUT2D eigenvalue weighted by Crippen LogP contribution is -2.43. The van der Waals surface area contributed by atoms with E-state index in [-0.39, 0.29) is 24.1 Å². The molecular formula is C21H33NO4Si. The van der Waals surface area contributed by atoms with Crippen LogP contribution in [0.2, 0.25) is 19.6 Å². The fraction of sp³-hybridized carbons (Fsp3) is 0.524. The molecule has 27 heavy (non-hydrogen) atoms. The third-order valence-corrected chi connectivity index (χ3v) is 5.94. The molecule has 150 valence electrons. The van der Waals surface area contributed by atoms with Crippen LogP contribution in [-0.4, -0.2) is 44.2 Å². The monoisotopic (exact) mass is 391 g/mol. The van der Waals surface area contributed by atoms with Gasteiger partial charge in [0.2, 0.25) is 0 Å². The van der Waals surface area contributed by atoms with Crippen LogP contribution in [0.25, 0.3) is 0 Å². The van der Waals surface area contributed by atoms with Gasteiger partial charge in [0.05, 0.1) is 12.5 Å². The zero-order chi connectivity index (χ0) is 20.8. The van der Waals surface area contributed by atoms with Gasteiger partial charge in [-0.25, -0.2) is 4.79 Å². The van der Waals surface area contributed by atoms with Crippen LogP contribution in [0, 0.1) is 0 Å². The Morgan fingerprint density at radius 3 is 1.93 bits per heavy atom. The standard InChI is InChI=1S/C21H33NO4Si/c1-15(2)22(16(3)4)21(24)26-19(27(6,7)8)14-18(20(23)25-5)17-12-10-9-11-13-17/h9-16,18H,1-8H3/b19-14+. The van der Waals surface area contributed by atoms with Gasteiger partial charge in [-0.15, -0.1) is 0 Å². The number of ether oxygens (including phenoxy) is 2. The molecular weight excluding hydrogens is 358 g/mol. The molecule has 1 unspecified atom stereocenters. The van der Waals surface area contributed by atoms with Gasteiger partial charge in [0.25, 0.3) is 0 Å². The SMILES string of the molecule is COC(=O)C(/C=C(\OC(=O)N(C(C)C)C(C)C)[Si](C)(C)C)c1ccccc1. The fourth-order valence-electron chi connectivity index (χ4n) is 2.84. The maximum Gasteiger partial charge on any atom is 0.414 e. The minimum Gasteiger partial charge on any atom is -0.468 e. The van der Waals surface area contributed by atoms with E-state index in [0.29, 0.717) is 5.38 Å². The maximum absolute atomic E-state index is 12.8. The van der Waals surface area contributed by atoms with Crippen LogP contribution in [0.5, 0.6) is 0 Å². The average molecular weight is 392 g/mol. The van der Waals surface area contributed by atoms with Crippen LogP contribution in [0.4, 0.5) is 4.79 Å². The van der Waals surface area contributed by atoms with E-state index in [1.165, 1.54) is 7.11 Å². The van der Waals surface area contributed by atoms with Crippen molar-refractivity contribution in [2.75, 3.05) is 7.11 Å². The predicted molar refractivity (Wildman–Crippen MR) is 111 cm³/mol. The van der Waals surface area contributed by atoms with Crippen LogP contribution >= 0.6 is 0 Å². The number of esters is 1. The molecule has 1 aromatic rings. The Morgan fingerprint density at radius 1 is 1.00 bits per heavy atom. The number of nitrogens with zero attached hydrogens (tertiary/aromatic N) is 1. The van der Waals surface area contributed by atoms with E-state index in [0.717, 1.165) is 5.56 Å². The summed E-state index contributed by atoms with van der Waals surface area (Å²) < 4.78 is 10.8. The van der Waals surface area contributed by atoms with E-state index in [1.807, 2.05) is 58.0 Å². The Balaban J connectivity index is 3.31. The van der Waals surface area contributed by atoms with Crippen molar-refractivity contribution < 1.29 is 19.1 Å². The quantitative estimate of drug-likeness (QED) is 0.374. The Morgan fingerprint density at radius 2 is 1.52 bits per heavy atom. The number of amides is 1. The summed E-state index contributed by atoms with van der Waals surface area (Å²) in [5, 5.41) is 0.582. The summed E-state index contributed by atoms with van der Waals surface area (Å²) in [4.78, 5) is 26.9. The third kappa shape index (κ3) is 6.54. The minimum absolute atomic E-state index is 0.0194. The molecule has 0 radical (unpaired) electrons. The Labute approximate surface area is 164 Å². The number of methoxy groups -OCH3 is 1. The lowest BCUT2D eigenvalue weighted by molar-refractivity contribution is -0.141. The number of hydrogen-bond donors (Lipinski definition) is 0. The van der Waals surface area contributed by atoms with Crippen LogP contribution in [0.3, 0.4) is 0 Å². The van der Waals surface area contributed by atoms with Gasteiger partial charge in [-0.1, -0.05) is 50.0 Å². The lowest BCUT2D eigenvalue weighted by Gasteiger charge is -2.32. The molecule has 1 aromatic carbocycles. The summed E-state index contributed by atoms with van der Waals surface area (Å²) in [6.45, 7) is 14.1. The first-order chi connectivity index (χ1) is 12.5. The molecule has 0 bridgehead atoms. The van der Waals surface area contributed by atoms with Crippen LogP contribution in [0.1, 0.15) is 39.2 Å². The second-order valence-electron chi connectivity index (χ2n) is 8.16. The lowest BCUT2D eigenvalue weighted by atomic mass is 9.99. The molecule has 0 aromatic heterocycles. The molecule has 5 nitrogen and oxygen atoms in total. The van der Waals surface area contributed by atoms with Gasteiger partial charge in [0, 0.05) is 12.1 Å². The van der Waals surface area contributed by atoms with Gasteiger partial charge in [-0.05, 0) is 39.3 Å². The van der Waals surface area contributed by atoms with Crippen molar-refractivity contribution >= 4 is 20.1 Å². The predicted octanol–water partition coefficient (Wildman–Crippen LogP) is 4.96. The second kappa shape index (κ2) is 9.74. The van der Waals surface area contributed by atoms with Gasteiger partial charge in [0.1, 0.15) is 14.0 Å². The first-order valence-electron chi connectivity index (χ1n) is 9.34. The maximum atomic E-state index is 12.8. The summed E-state index contributed by atoms with van der Waals surface area (Å²) in [7, 11) is -0.669. The molecule has 0 aliphatic carbocycles. The topological polar surface area (TPSA) is 55.8 Å². The number of carbonyl (C=O) groups excluding carboxylic acids is 2. The van der Waals surface area contributed by atoms with Gasteiger partial charge in [-0.3, -0.25) is 4.79 Å². The zero-order valence-corrected chi connectivity index (χ0v) is 18.8. The fourth-order valence-corrected chi connectivity index (χ4v) is 3.90. The summed E-state index contributed by atoms with van der Waals surface area (Å²) >= 11 is 0. The highest BCUT2D eigenvalue weighted by Crippen LogP contribution is 2.26. The van der Waals surface area contributed by atoms with E-state index < -0.39 is 14.0 Å². The van der Waals surface area contributed by atoms with Crippen molar-refractivity contribution in [2.45, 2.75) is 65.3 Å². The van der Waals surface area contributed by atoms with E-state index in [9.17, 15) is 9.59 Å². The van der Waals surface area contributed by atoms with Crippen LogP contribution in [-0.2, 0) is 14.3 Å². The van der Waals surface area contributed by atoms with Crippen molar-refractivity contribution in [3.05, 3.63) is 47.4 Å². The highest BCUT2D eigenvalue weighted by molar-refractivity contribution is 6.82. The molecule has 6 heteroatoms. The smallest absolute Gasteiger partial charge is 0.414 e. The Bertz CT molecular complexity index is 655. The third-order valence-electron chi connectivity index (χ3n) is 4.19. The summed E-state index contributed by atoms with van der Waals surface area (Å²) in [5.41, 5.74) is 0.806. The van der Waals surface area contributed by atoms with Gasteiger partial charge >= 0.3 is 12.1 Å². The van der Waals surface area contributed by atoms with Crippen molar-refractivity contribution in [1.29, 1.82) is 0 Å². The number of benzene rings is 1. The molecule has 0 fully saturated rings. The number of rotatable bonds is 7. The molecule has 0 heterocycles. The molecule has 0 aliphatic heterocycles. The van der Waals surface area contributed by atoms with E-state index in [2.05, 4.69) is 19.6 Å². The molecule has 0 N–H and O–H groups in total. The highest BCUT2D eigenvalue weighted by Gasteiger charge is 2.31. The van der Waals surface area contributed by atoms with Gasteiger partial charge in [0.15, 0.2) is 0 Å². The number of hydrogen-bond acceptors (Lipinski definition) is 4. The first kappa shape index (κ1) is 23.0. The molecule has 0 saturated carbocycles. The summed E-state index contributed by atoms with van der Waals surface area (Å²) in [6.07, 6.45) is 1.37. The van der Waals surface area contributed by atoms with Crippen molar-refractivity contribution in [3.63, 3.8) is 0 Å². The first-order valence-corrected chi connectivity index (χ1v) is 12.8. The van der Waals surface area contributed by atoms with Gasteiger partial charge in [-0.2, -0.15) is 0 Å². The average Bonchev–Trinajstić information content (AvgIpc) is 2.56. The van der Waals surface area contributed by atoms with Crippen molar-refractivity contribution in [2.24, 2.45) is 0 Å². The van der Waals surface area contributed by atoms with Crippen LogP contribution < -0.4 is 0 Å². The normalized spacial score (nSPS) is 13.5. The van der Waals surface area contributed by atoms with E-state index in [1.54, 1.807) is 11.0 Å². The zero-order valence-electron chi connectivity index (χ0n) is 17.8.